The lowest BCUT2D eigenvalue weighted by Crippen LogP contribution is -2.34. The second-order valence-corrected chi connectivity index (χ2v) is 6.30. The van der Waals surface area contributed by atoms with Gasteiger partial charge in [-0.05, 0) is 37.9 Å². The molecule has 1 amide bonds. The molecule has 3 N–H and O–H groups in total. The summed E-state index contributed by atoms with van der Waals surface area (Å²) >= 11 is 6.00. The van der Waals surface area contributed by atoms with Gasteiger partial charge in [0.15, 0.2) is 0 Å². The Kier molecular flexibility index (Phi) is 10.5. The number of carbonyl (C=O) groups excluding carboxylic acids is 1. The van der Waals surface area contributed by atoms with Crippen molar-refractivity contribution in [2.75, 3.05) is 39.0 Å². The van der Waals surface area contributed by atoms with Gasteiger partial charge in [0.25, 0.3) is 5.91 Å². The highest BCUT2D eigenvalue weighted by Crippen LogP contribution is 2.28. The van der Waals surface area contributed by atoms with Crippen LogP contribution in [-0.4, -0.2) is 44.1 Å². The van der Waals surface area contributed by atoms with Gasteiger partial charge in [0, 0.05) is 19.2 Å². The first-order chi connectivity index (χ1) is 10.5. The van der Waals surface area contributed by atoms with E-state index in [1.807, 2.05) is 0 Å². The number of methoxy groups -OCH3 is 1. The van der Waals surface area contributed by atoms with Crippen molar-refractivity contribution >= 4 is 48.0 Å². The van der Waals surface area contributed by atoms with Gasteiger partial charge in [0.05, 0.1) is 23.4 Å². The van der Waals surface area contributed by atoms with Gasteiger partial charge in [-0.3, -0.25) is 4.79 Å². The van der Waals surface area contributed by atoms with Gasteiger partial charge in [-0.1, -0.05) is 18.5 Å². The number of carbonyl (C=O) groups is 1. The summed E-state index contributed by atoms with van der Waals surface area (Å²) in [4.78, 5) is 14.8. The maximum Gasteiger partial charge on any atom is 0.255 e. The highest BCUT2D eigenvalue weighted by molar-refractivity contribution is 6.33. The average Bonchev–Trinajstić information content (AvgIpc) is 3.00. The number of hydrogen-bond donors (Lipinski definition) is 2. The van der Waals surface area contributed by atoms with Gasteiger partial charge >= 0.3 is 0 Å². The molecule has 1 unspecified atom stereocenters. The van der Waals surface area contributed by atoms with Crippen molar-refractivity contribution in [3.63, 3.8) is 0 Å². The van der Waals surface area contributed by atoms with Gasteiger partial charge < -0.3 is 20.7 Å². The van der Waals surface area contributed by atoms with Crippen LogP contribution in [0.25, 0.3) is 0 Å². The molecular formula is C16H26Cl3N3O2. The molecule has 0 spiro atoms. The highest BCUT2D eigenvalue weighted by atomic mass is 35.5. The maximum atomic E-state index is 12.3. The first-order valence-corrected chi connectivity index (χ1v) is 8.02. The molecule has 1 heterocycles. The summed E-state index contributed by atoms with van der Waals surface area (Å²) in [6.07, 6.45) is 2.56. The van der Waals surface area contributed by atoms with Crippen LogP contribution in [0, 0.1) is 5.92 Å². The maximum absolute atomic E-state index is 12.3. The fraction of sp³-hybridized carbons (Fsp3) is 0.562. The molecule has 8 heteroatoms. The summed E-state index contributed by atoms with van der Waals surface area (Å²) in [5.41, 5.74) is 6.54. The van der Waals surface area contributed by atoms with Crippen LogP contribution in [0.4, 0.5) is 5.69 Å². The Morgan fingerprint density at radius 1 is 1.38 bits per heavy atom. The predicted molar refractivity (Wildman–Crippen MR) is 104 cm³/mol. The number of anilines is 1. The van der Waals surface area contributed by atoms with Crippen LogP contribution >= 0.6 is 36.4 Å². The van der Waals surface area contributed by atoms with Crippen molar-refractivity contribution in [1.82, 2.24) is 10.2 Å². The molecule has 2 rings (SSSR count). The van der Waals surface area contributed by atoms with E-state index in [1.165, 1.54) is 33.0 Å². The highest BCUT2D eigenvalue weighted by Gasteiger charge is 2.18. The normalized spacial score (nSPS) is 15.1. The molecule has 1 saturated heterocycles. The Bertz CT molecular complexity index is 538. The van der Waals surface area contributed by atoms with Crippen molar-refractivity contribution in [1.29, 1.82) is 0 Å². The Morgan fingerprint density at radius 2 is 2.00 bits per heavy atom. The monoisotopic (exact) mass is 397 g/mol. The van der Waals surface area contributed by atoms with Gasteiger partial charge in [-0.25, -0.2) is 0 Å². The average molecular weight is 399 g/mol. The SMILES string of the molecule is COc1cc(N)c(Cl)cc1C(=O)NCC(C)CN1CCCC1.Cl.Cl. The van der Waals surface area contributed by atoms with Crippen LogP contribution in [0.3, 0.4) is 0 Å². The van der Waals surface area contributed by atoms with Gasteiger partial charge in [-0.15, -0.1) is 24.8 Å². The van der Waals surface area contributed by atoms with Crippen molar-refractivity contribution in [2.24, 2.45) is 5.92 Å². The number of rotatable bonds is 6. The molecule has 24 heavy (non-hydrogen) atoms. The number of likely N-dealkylation sites (tertiary alicyclic amines) is 1. The summed E-state index contributed by atoms with van der Waals surface area (Å²) < 4.78 is 5.21. The fourth-order valence-corrected chi connectivity index (χ4v) is 2.91. The molecule has 1 aromatic carbocycles. The number of amides is 1. The van der Waals surface area contributed by atoms with Crippen LogP contribution in [-0.2, 0) is 0 Å². The third-order valence-electron chi connectivity index (χ3n) is 3.94. The Balaban J connectivity index is 0.00000264. The summed E-state index contributed by atoms with van der Waals surface area (Å²) in [6.45, 7) is 6.12. The van der Waals surface area contributed by atoms with E-state index in [2.05, 4.69) is 17.1 Å². The van der Waals surface area contributed by atoms with E-state index in [0.717, 1.165) is 6.54 Å². The van der Waals surface area contributed by atoms with Crippen LogP contribution in [0.1, 0.15) is 30.1 Å². The smallest absolute Gasteiger partial charge is 0.255 e. The Morgan fingerprint density at radius 3 is 2.58 bits per heavy atom. The zero-order valence-corrected chi connectivity index (χ0v) is 16.4. The zero-order chi connectivity index (χ0) is 16.1. The number of ether oxygens (including phenoxy) is 1. The molecule has 1 aliphatic rings. The molecule has 0 aromatic heterocycles. The number of benzene rings is 1. The molecule has 1 fully saturated rings. The van der Waals surface area contributed by atoms with Gasteiger partial charge in [0.1, 0.15) is 5.75 Å². The minimum atomic E-state index is -0.188. The Labute approximate surface area is 161 Å². The molecular weight excluding hydrogens is 373 g/mol. The van der Waals surface area contributed by atoms with Crippen molar-refractivity contribution in [3.05, 3.63) is 22.7 Å². The number of nitrogens with two attached hydrogens (primary N) is 1. The second-order valence-electron chi connectivity index (χ2n) is 5.90. The number of nitrogens with zero attached hydrogens (tertiary/aromatic N) is 1. The molecule has 1 atom stereocenters. The third kappa shape index (κ3) is 6.20. The van der Waals surface area contributed by atoms with Gasteiger partial charge in [0.2, 0.25) is 0 Å². The van der Waals surface area contributed by atoms with Crippen LogP contribution < -0.4 is 15.8 Å². The summed E-state index contributed by atoms with van der Waals surface area (Å²) in [5, 5.41) is 3.31. The third-order valence-corrected chi connectivity index (χ3v) is 4.27. The number of nitrogen functional groups attached to an aromatic ring is 1. The van der Waals surface area contributed by atoms with Crippen LogP contribution in [0.5, 0.6) is 5.75 Å². The lowest BCUT2D eigenvalue weighted by atomic mass is 10.1. The van der Waals surface area contributed by atoms with Crippen molar-refractivity contribution in [2.45, 2.75) is 19.8 Å². The summed E-state index contributed by atoms with van der Waals surface area (Å²) in [5.74, 6) is 0.649. The van der Waals surface area contributed by atoms with Crippen LogP contribution in [0.15, 0.2) is 12.1 Å². The molecule has 5 nitrogen and oxygen atoms in total. The van der Waals surface area contributed by atoms with E-state index in [9.17, 15) is 4.79 Å². The standard InChI is InChI=1S/C16H24ClN3O2.2ClH/c1-11(10-20-5-3-4-6-20)9-19-16(21)12-7-13(17)14(18)8-15(12)22-2;;/h7-8,11H,3-6,9-10,18H2,1-2H3,(H,19,21);2*1H. The van der Waals surface area contributed by atoms with E-state index in [1.54, 1.807) is 12.1 Å². The quantitative estimate of drug-likeness (QED) is 0.722. The number of hydrogen-bond acceptors (Lipinski definition) is 4. The molecule has 0 radical (unpaired) electrons. The molecule has 1 aliphatic heterocycles. The van der Waals surface area contributed by atoms with Crippen LogP contribution in [0.2, 0.25) is 5.02 Å². The Hall–Kier alpha value is -0.880. The molecule has 0 aliphatic carbocycles. The molecule has 138 valence electrons. The first kappa shape index (κ1) is 23.1. The number of nitrogens with one attached hydrogen (secondary N) is 1. The van der Waals surface area contributed by atoms with E-state index >= 15 is 0 Å². The van der Waals surface area contributed by atoms with E-state index < -0.39 is 0 Å². The number of halogens is 3. The molecule has 1 aromatic rings. The summed E-state index contributed by atoms with van der Waals surface area (Å²) in [6, 6.07) is 3.13. The topological polar surface area (TPSA) is 67.6 Å². The lowest BCUT2D eigenvalue weighted by molar-refractivity contribution is 0.0942. The largest absolute Gasteiger partial charge is 0.496 e. The lowest BCUT2D eigenvalue weighted by Gasteiger charge is -2.20. The van der Waals surface area contributed by atoms with E-state index in [-0.39, 0.29) is 30.7 Å². The molecule has 0 bridgehead atoms. The molecule has 0 saturated carbocycles. The van der Waals surface area contributed by atoms with E-state index in [4.69, 9.17) is 22.1 Å². The van der Waals surface area contributed by atoms with Gasteiger partial charge in [-0.2, -0.15) is 0 Å². The van der Waals surface area contributed by atoms with Crippen molar-refractivity contribution in [3.8, 4) is 5.75 Å². The minimum Gasteiger partial charge on any atom is -0.496 e. The zero-order valence-electron chi connectivity index (χ0n) is 14.0. The summed E-state index contributed by atoms with van der Waals surface area (Å²) in [7, 11) is 1.51. The van der Waals surface area contributed by atoms with Crippen molar-refractivity contribution < 1.29 is 9.53 Å². The van der Waals surface area contributed by atoms with E-state index in [0.29, 0.717) is 34.5 Å². The minimum absolute atomic E-state index is 0. The first-order valence-electron chi connectivity index (χ1n) is 7.64. The fourth-order valence-electron chi connectivity index (χ4n) is 2.75. The predicted octanol–water partition coefficient (Wildman–Crippen LogP) is 3.24. The second kappa shape index (κ2) is 10.9.